The van der Waals surface area contributed by atoms with E-state index in [2.05, 4.69) is 20.8 Å². The molecule has 0 spiro atoms. The van der Waals surface area contributed by atoms with E-state index in [1.54, 1.807) is 0 Å². The van der Waals surface area contributed by atoms with Crippen molar-refractivity contribution in [3.05, 3.63) is 71.4 Å². The first kappa shape index (κ1) is 23.0. The zero-order chi connectivity index (χ0) is 24.2. The molecular formula is C24H24N4O6. The fraction of sp³-hybridized carbons (Fsp3) is 0.250. The second-order valence-corrected chi connectivity index (χ2v) is 7.85. The smallest absolute Gasteiger partial charge is 0.412 e. The van der Waals surface area contributed by atoms with Crippen LogP contribution < -0.4 is 10.6 Å². The van der Waals surface area contributed by atoms with Crippen molar-refractivity contribution in [1.82, 2.24) is 15.5 Å². The molecule has 2 amide bonds. The lowest BCUT2D eigenvalue weighted by atomic mass is 9.98. The van der Waals surface area contributed by atoms with Gasteiger partial charge in [0.05, 0.1) is 6.10 Å². The van der Waals surface area contributed by atoms with E-state index >= 15 is 0 Å². The number of carbonyl (C=O) groups excluding carboxylic acids is 2. The zero-order valence-corrected chi connectivity index (χ0v) is 18.6. The third-order valence-electron chi connectivity index (χ3n) is 5.79. The molecule has 1 heterocycles. The number of aliphatic carboxylic acids is 1. The number of methoxy groups -OCH3 is 1. The van der Waals surface area contributed by atoms with Gasteiger partial charge in [-0.25, -0.2) is 9.59 Å². The fourth-order valence-corrected chi connectivity index (χ4v) is 3.98. The number of aromatic nitrogens is 2. The lowest BCUT2D eigenvalue weighted by molar-refractivity contribution is -0.142. The summed E-state index contributed by atoms with van der Waals surface area (Å²) < 4.78 is 10.4. The second-order valence-electron chi connectivity index (χ2n) is 7.85. The molecule has 10 nitrogen and oxygen atoms in total. The Labute approximate surface area is 195 Å². The number of hydrogen-bond donors (Lipinski definition) is 4. The maximum absolute atomic E-state index is 12.4. The Morgan fingerprint density at radius 2 is 1.71 bits per heavy atom. The van der Waals surface area contributed by atoms with E-state index in [0.717, 1.165) is 22.3 Å². The monoisotopic (exact) mass is 464 g/mol. The van der Waals surface area contributed by atoms with E-state index in [0.29, 0.717) is 0 Å². The van der Waals surface area contributed by atoms with Gasteiger partial charge in [0.15, 0.2) is 11.9 Å². The molecule has 10 heteroatoms. The Balaban J connectivity index is 1.37. The molecule has 1 aromatic heterocycles. The van der Waals surface area contributed by atoms with Crippen LogP contribution in [0.4, 0.5) is 10.6 Å². The van der Waals surface area contributed by atoms with Gasteiger partial charge in [0.2, 0.25) is 0 Å². The summed E-state index contributed by atoms with van der Waals surface area (Å²) in [4.78, 5) is 36.1. The van der Waals surface area contributed by atoms with Crippen molar-refractivity contribution in [2.45, 2.75) is 25.0 Å². The second kappa shape index (κ2) is 9.75. The molecular weight excluding hydrogens is 440 g/mol. The largest absolute Gasteiger partial charge is 0.480 e. The molecule has 3 aromatic rings. The van der Waals surface area contributed by atoms with Gasteiger partial charge in [-0.15, -0.1) is 0 Å². The predicted octanol–water partition coefficient (Wildman–Crippen LogP) is 2.99. The van der Waals surface area contributed by atoms with Crippen LogP contribution >= 0.6 is 0 Å². The van der Waals surface area contributed by atoms with Crippen LogP contribution in [0.25, 0.3) is 11.1 Å². The summed E-state index contributed by atoms with van der Waals surface area (Å²) in [7, 11) is 1.35. The van der Waals surface area contributed by atoms with Gasteiger partial charge in [-0.05, 0) is 29.2 Å². The fourth-order valence-electron chi connectivity index (χ4n) is 3.98. The van der Waals surface area contributed by atoms with Gasteiger partial charge in [-0.3, -0.25) is 15.2 Å². The Bertz CT molecular complexity index is 1180. The molecule has 0 saturated heterocycles. The SMILES string of the molecule is CO[C@H](C)[C@H](NC(=O)c1cc(NC(=O)OCC2c3ccccc3-c3ccccc32)n[nH]1)C(=O)O. The number of amides is 2. The van der Waals surface area contributed by atoms with Crippen LogP contribution in [0.5, 0.6) is 0 Å². The summed E-state index contributed by atoms with van der Waals surface area (Å²) in [5.74, 6) is -1.97. The van der Waals surface area contributed by atoms with Gasteiger partial charge in [-0.1, -0.05) is 48.5 Å². The molecule has 2 aromatic carbocycles. The number of carbonyl (C=O) groups is 3. The minimum atomic E-state index is -1.25. The van der Waals surface area contributed by atoms with Crippen LogP contribution in [0.3, 0.4) is 0 Å². The normalized spacial score (nSPS) is 13.9. The van der Waals surface area contributed by atoms with E-state index < -0.39 is 30.1 Å². The van der Waals surface area contributed by atoms with Crippen LogP contribution in [0.15, 0.2) is 54.6 Å². The molecule has 4 rings (SSSR count). The molecule has 1 aliphatic carbocycles. The van der Waals surface area contributed by atoms with Crippen molar-refractivity contribution < 1.29 is 29.0 Å². The summed E-state index contributed by atoms with van der Waals surface area (Å²) in [6.07, 6.45) is -1.47. The highest BCUT2D eigenvalue weighted by atomic mass is 16.5. The van der Waals surface area contributed by atoms with Gasteiger partial charge in [0, 0.05) is 19.1 Å². The highest BCUT2D eigenvalue weighted by Gasteiger charge is 2.30. The zero-order valence-electron chi connectivity index (χ0n) is 18.6. The molecule has 0 fully saturated rings. The Morgan fingerprint density at radius 3 is 2.29 bits per heavy atom. The predicted molar refractivity (Wildman–Crippen MR) is 123 cm³/mol. The molecule has 0 unspecified atom stereocenters. The number of H-pyrrole nitrogens is 1. The van der Waals surface area contributed by atoms with Crippen molar-refractivity contribution in [2.24, 2.45) is 0 Å². The lowest BCUT2D eigenvalue weighted by Gasteiger charge is -2.19. The minimum Gasteiger partial charge on any atom is -0.480 e. The molecule has 0 radical (unpaired) electrons. The van der Waals surface area contributed by atoms with E-state index in [9.17, 15) is 19.5 Å². The number of carboxylic acids is 1. The summed E-state index contributed by atoms with van der Waals surface area (Å²) in [6, 6.07) is 16.0. The lowest BCUT2D eigenvalue weighted by Crippen LogP contribution is -2.48. The number of ether oxygens (including phenoxy) is 2. The third kappa shape index (κ3) is 4.62. The van der Waals surface area contributed by atoms with Crippen molar-refractivity contribution in [3.63, 3.8) is 0 Å². The number of aromatic amines is 1. The maximum atomic E-state index is 12.4. The molecule has 0 aliphatic heterocycles. The summed E-state index contributed by atoms with van der Waals surface area (Å²) >= 11 is 0. The van der Waals surface area contributed by atoms with E-state index in [4.69, 9.17) is 9.47 Å². The average molecular weight is 464 g/mol. The van der Waals surface area contributed by atoms with E-state index in [-0.39, 0.29) is 24.0 Å². The topological polar surface area (TPSA) is 143 Å². The number of benzene rings is 2. The number of fused-ring (bicyclic) bond motifs is 3. The van der Waals surface area contributed by atoms with Crippen molar-refractivity contribution in [1.29, 1.82) is 0 Å². The Hall–Kier alpha value is -4.18. The number of hydrogen-bond acceptors (Lipinski definition) is 6. The Morgan fingerprint density at radius 1 is 1.09 bits per heavy atom. The molecule has 176 valence electrons. The standard InChI is InChI=1S/C24H24N4O6/c1-13(33-2)21(23(30)31)26-22(29)19-11-20(28-27-19)25-24(32)34-12-18-16-9-5-3-7-14(16)15-8-4-6-10-17(15)18/h3-11,13,18,21H,12H2,1-2H3,(H,26,29)(H,30,31)(H2,25,27,28,32)/t13-,21+/m1/s1. The van der Waals surface area contributed by atoms with Crippen LogP contribution in [0.1, 0.15) is 34.5 Å². The van der Waals surface area contributed by atoms with Crippen LogP contribution in [0.2, 0.25) is 0 Å². The van der Waals surface area contributed by atoms with E-state index in [1.165, 1.54) is 20.1 Å². The van der Waals surface area contributed by atoms with Crippen molar-refractivity contribution in [2.75, 3.05) is 19.0 Å². The molecule has 0 saturated carbocycles. The molecule has 34 heavy (non-hydrogen) atoms. The first-order valence-corrected chi connectivity index (χ1v) is 10.6. The highest BCUT2D eigenvalue weighted by Crippen LogP contribution is 2.44. The minimum absolute atomic E-state index is 0.0245. The number of nitrogens with one attached hydrogen (secondary N) is 3. The summed E-state index contributed by atoms with van der Waals surface area (Å²) in [5.41, 5.74) is 4.40. The Kier molecular flexibility index (Phi) is 6.60. The maximum Gasteiger partial charge on any atom is 0.412 e. The number of carboxylic acid groups (broad SMARTS) is 1. The van der Waals surface area contributed by atoms with Gasteiger partial charge < -0.3 is 19.9 Å². The van der Waals surface area contributed by atoms with Crippen LogP contribution in [0, 0.1) is 0 Å². The summed E-state index contributed by atoms with van der Waals surface area (Å²) in [6.45, 7) is 1.66. The first-order chi connectivity index (χ1) is 16.4. The van der Waals surface area contributed by atoms with E-state index in [1.807, 2.05) is 48.5 Å². The van der Waals surface area contributed by atoms with Crippen molar-refractivity contribution >= 4 is 23.8 Å². The quantitative estimate of drug-likeness (QED) is 0.401. The summed E-state index contributed by atoms with van der Waals surface area (Å²) in [5, 5.41) is 20.4. The number of anilines is 1. The third-order valence-corrected chi connectivity index (χ3v) is 5.79. The van der Waals surface area contributed by atoms with Crippen LogP contribution in [-0.4, -0.2) is 59.1 Å². The average Bonchev–Trinajstić information content (AvgIpc) is 3.43. The van der Waals surface area contributed by atoms with Gasteiger partial charge in [0.1, 0.15) is 12.3 Å². The molecule has 2 atom stereocenters. The van der Waals surface area contributed by atoms with Crippen LogP contribution in [-0.2, 0) is 14.3 Å². The van der Waals surface area contributed by atoms with Crippen molar-refractivity contribution in [3.8, 4) is 11.1 Å². The van der Waals surface area contributed by atoms with Gasteiger partial charge in [-0.2, -0.15) is 5.10 Å². The van der Waals surface area contributed by atoms with Gasteiger partial charge >= 0.3 is 12.1 Å². The molecule has 0 bridgehead atoms. The van der Waals surface area contributed by atoms with Gasteiger partial charge in [0.25, 0.3) is 5.91 Å². The first-order valence-electron chi connectivity index (χ1n) is 10.6. The number of nitrogens with zero attached hydrogens (tertiary/aromatic N) is 1. The number of rotatable bonds is 8. The highest BCUT2D eigenvalue weighted by molar-refractivity contribution is 5.96. The molecule has 4 N–H and O–H groups in total. The molecule has 1 aliphatic rings.